The molecule has 0 saturated heterocycles. The molecule has 2 N–H and O–H groups in total. The predicted molar refractivity (Wildman–Crippen MR) is 216 cm³/mol. The van der Waals surface area contributed by atoms with Crippen molar-refractivity contribution >= 4 is 17.5 Å². The molecule has 0 spiro atoms. The van der Waals surface area contributed by atoms with Crippen LogP contribution in [0, 0.1) is 17.8 Å². The maximum absolute atomic E-state index is 9.87. The van der Waals surface area contributed by atoms with E-state index in [1.807, 2.05) is 75.0 Å². The van der Waals surface area contributed by atoms with Crippen molar-refractivity contribution in [3.05, 3.63) is 103 Å². The van der Waals surface area contributed by atoms with Crippen LogP contribution in [0.25, 0.3) is 11.1 Å². The lowest BCUT2D eigenvalue weighted by Crippen LogP contribution is -2.64. The van der Waals surface area contributed by atoms with Crippen molar-refractivity contribution in [1.82, 2.24) is 0 Å². The quantitative estimate of drug-likeness (QED) is 0.0809. The molecule has 53 heavy (non-hydrogen) atoms. The minimum atomic E-state index is -0.958. The molecule has 1 aliphatic heterocycles. The summed E-state index contributed by atoms with van der Waals surface area (Å²) in [6, 6.07) is 24.8. The van der Waals surface area contributed by atoms with Crippen molar-refractivity contribution in [2.75, 3.05) is 25.6 Å². The van der Waals surface area contributed by atoms with Gasteiger partial charge in [-0.15, -0.1) is 6.58 Å². The van der Waals surface area contributed by atoms with Gasteiger partial charge in [-0.3, -0.25) is 0 Å². The van der Waals surface area contributed by atoms with Crippen LogP contribution in [0.5, 0.6) is 17.2 Å². The van der Waals surface area contributed by atoms with Crippen LogP contribution in [-0.4, -0.2) is 58.1 Å². The summed E-state index contributed by atoms with van der Waals surface area (Å²) in [7, 11) is 0. The molecular formula is C45H57NO6S. The molecule has 6 atom stereocenters. The van der Waals surface area contributed by atoms with Crippen LogP contribution in [0.1, 0.15) is 84.1 Å². The normalized spacial score (nSPS) is 25.5. The van der Waals surface area contributed by atoms with Gasteiger partial charge in [0.2, 0.25) is 5.79 Å². The molecule has 0 radical (unpaired) electrons. The minimum absolute atomic E-state index is 0.0190. The maximum atomic E-state index is 9.87. The average molecular weight is 740 g/mol. The lowest BCUT2D eigenvalue weighted by molar-refractivity contribution is -0.223. The fraction of sp³-hybridized carbons (Fsp3) is 0.489. The minimum Gasteiger partial charge on any atom is -0.460 e. The smallest absolute Gasteiger partial charge is 0.230 e. The van der Waals surface area contributed by atoms with Gasteiger partial charge in [0.05, 0.1) is 23.5 Å². The number of hydrogen-bond donors (Lipinski definition) is 2. The molecule has 0 aromatic heterocycles. The molecule has 0 bridgehead atoms. The van der Waals surface area contributed by atoms with E-state index in [2.05, 4.69) is 56.0 Å². The second kappa shape index (κ2) is 17.7. The molecule has 2 aliphatic carbocycles. The molecule has 1 saturated carbocycles. The molecule has 1 heterocycles. The first-order valence-electron chi connectivity index (χ1n) is 19.4. The van der Waals surface area contributed by atoms with Gasteiger partial charge in [0.25, 0.3) is 0 Å². The predicted octanol–water partition coefficient (Wildman–Crippen LogP) is 10.3. The Labute approximate surface area is 320 Å². The fourth-order valence-electron chi connectivity index (χ4n) is 8.41. The summed E-state index contributed by atoms with van der Waals surface area (Å²) in [4.78, 5) is 6.17. The van der Waals surface area contributed by atoms with E-state index in [1.165, 1.54) is 0 Å². The van der Waals surface area contributed by atoms with Crippen molar-refractivity contribution in [1.29, 1.82) is 0 Å². The number of allylic oxidation sites excluding steroid dienone is 1. The van der Waals surface area contributed by atoms with Crippen LogP contribution >= 0.6 is 11.8 Å². The molecule has 284 valence electrons. The lowest BCUT2D eigenvalue weighted by Gasteiger charge is -2.58. The first-order chi connectivity index (χ1) is 25.7. The van der Waals surface area contributed by atoms with Gasteiger partial charge in [0, 0.05) is 31.1 Å². The summed E-state index contributed by atoms with van der Waals surface area (Å²) in [6.07, 6.45) is 10.1. The van der Waals surface area contributed by atoms with Crippen LogP contribution < -0.4 is 9.47 Å². The number of oxime groups is 1. The van der Waals surface area contributed by atoms with Gasteiger partial charge in [-0.05, 0) is 111 Å². The number of benzene rings is 3. The summed E-state index contributed by atoms with van der Waals surface area (Å²) in [5.41, 5.74) is 5.05. The van der Waals surface area contributed by atoms with Gasteiger partial charge in [0.15, 0.2) is 0 Å². The zero-order valence-electron chi connectivity index (χ0n) is 31.8. The van der Waals surface area contributed by atoms with Crippen molar-refractivity contribution in [3.63, 3.8) is 0 Å². The highest BCUT2D eigenvalue weighted by molar-refractivity contribution is 8.00. The molecule has 3 aromatic carbocycles. The molecule has 7 nitrogen and oxygen atoms in total. The van der Waals surface area contributed by atoms with Crippen molar-refractivity contribution in [3.8, 4) is 28.4 Å². The number of unbranched alkanes of at least 4 members (excludes halogenated alkanes) is 2. The molecule has 0 amide bonds. The summed E-state index contributed by atoms with van der Waals surface area (Å²) in [6.45, 7) is 13.0. The highest BCUT2D eigenvalue weighted by Crippen LogP contribution is 2.62. The summed E-state index contributed by atoms with van der Waals surface area (Å²) < 4.78 is 20.8. The lowest BCUT2D eigenvalue weighted by atomic mass is 9.56. The van der Waals surface area contributed by atoms with E-state index in [1.54, 1.807) is 0 Å². The van der Waals surface area contributed by atoms with Crippen LogP contribution in [0.15, 0.2) is 102 Å². The average Bonchev–Trinajstić information content (AvgIpc) is 3.16. The van der Waals surface area contributed by atoms with Crippen LogP contribution in [0.2, 0.25) is 0 Å². The zero-order chi connectivity index (χ0) is 37.4. The Morgan fingerprint density at radius 2 is 1.62 bits per heavy atom. The van der Waals surface area contributed by atoms with Crippen molar-refractivity contribution in [2.24, 2.45) is 22.9 Å². The Bertz CT molecular complexity index is 1720. The molecule has 1 fully saturated rings. The number of nitrogens with zero attached hydrogens (tertiary/aromatic N) is 1. The summed E-state index contributed by atoms with van der Waals surface area (Å²) >= 11 is 1.85. The number of thioether (sulfide) groups is 1. The van der Waals surface area contributed by atoms with E-state index in [4.69, 9.17) is 24.2 Å². The van der Waals surface area contributed by atoms with E-state index in [0.29, 0.717) is 13.0 Å². The number of aliphatic hydroxyl groups is 2. The van der Waals surface area contributed by atoms with Crippen LogP contribution in [-0.2, 0) is 9.57 Å². The highest BCUT2D eigenvalue weighted by atomic mass is 32.2. The Kier molecular flexibility index (Phi) is 13.1. The maximum Gasteiger partial charge on any atom is 0.230 e. The van der Waals surface area contributed by atoms with E-state index >= 15 is 0 Å². The van der Waals surface area contributed by atoms with E-state index in [-0.39, 0.29) is 42.1 Å². The summed E-state index contributed by atoms with van der Waals surface area (Å²) in [5, 5.41) is 24.5. The second-order valence-electron chi connectivity index (χ2n) is 15.4. The summed E-state index contributed by atoms with van der Waals surface area (Å²) in [5.74, 6) is 2.59. The third-order valence-corrected chi connectivity index (χ3v) is 11.8. The fourth-order valence-corrected chi connectivity index (χ4v) is 9.59. The molecule has 8 heteroatoms. The van der Waals surface area contributed by atoms with E-state index in [0.717, 1.165) is 89.5 Å². The van der Waals surface area contributed by atoms with Crippen LogP contribution in [0.3, 0.4) is 0 Å². The van der Waals surface area contributed by atoms with Crippen molar-refractivity contribution < 1.29 is 29.3 Å². The number of hydrogen-bond acceptors (Lipinski definition) is 8. The number of rotatable bonds is 17. The largest absolute Gasteiger partial charge is 0.460 e. The topological polar surface area (TPSA) is 89.7 Å². The third kappa shape index (κ3) is 8.88. The molecule has 3 aromatic rings. The third-order valence-electron chi connectivity index (χ3n) is 10.6. The number of ether oxygens (including phenoxy) is 3. The molecular weight excluding hydrogens is 683 g/mol. The standard InChI is InChI=1S/C45H57NO6S/c1-6-27-49-45-41(53-7-2)30-39(46-52-44(3,4)5)37-28-33(17-11-13-25-47)36(18-12-14-26-48)42(43(37)45)38-29-35(23-24-40(38)51-45)50-34-21-19-32(20-22-34)31-15-9-8-10-16-31/h6,8-10,15-16,19-24,28-29,33,36,41-43,47-48H,1,7,11-14,17-18,25-27,30H2,2-5H3. The number of fused-ring (bicyclic) bond motifs is 2. The van der Waals surface area contributed by atoms with Gasteiger partial charge in [-0.1, -0.05) is 79.5 Å². The number of aliphatic hydroxyl groups excluding tert-OH is 2. The van der Waals surface area contributed by atoms with Gasteiger partial charge < -0.3 is 29.3 Å². The van der Waals surface area contributed by atoms with Crippen molar-refractivity contribution in [2.45, 2.75) is 95.2 Å². The van der Waals surface area contributed by atoms with Gasteiger partial charge in [0.1, 0.15) is 22.8 Å². The zero-order valence-corrected chi connectivity index (χ0v) is 32.7. The van der Waals surface area contributed by atoms with Gasteiger partial charge in [-0.25, -0.2) is 0 Å². The second-order valence-corrected chi connectivity index (χ2v) is 16.9. The highest BCUT2D eigenvalue weighted by Gasteiger charge is 2.63. The Morgan fingerprint density at radius 3 is 2.30 bits per heavy atom. The Hall–Kier alpha value is -3.56. The van der Waals surface area contributed by atoms with E-state index in [9.17, 15) is 10.2 Å². The Balaban J connectivity index is 1.48. The molecule has 3 aliphatic rings. The van der Waals surface area contributed by atoms with Gasteiger partial charge >= 0.3 is 0 Å². The van der Waals surface area contributed by atoms with E-state index < -0.39 is 11.4 Å². The first-order valence-corrected chi connectivity index (χ1v) is 20.5. The first kappa shape index (κ1) is 39.1. The molecule has 6 rings (SSSR count). The Morgan fingerprint density at radius 1 is 0.925 bits per heavy atom. The van der Waals surface area contributed by atoms with Gasteiger partial charge in [-0.2, -0.15) is 11.8 Å². The van der Waals surface area contributed by atoms with Crippen LogP contribution in [0.4, 0.5) is 0 Å². The molecule has 6 unspecified atom stereocenters. The monoisotopic (exact) mass is 739 g/mol. The SMILES string of the molecule is C=CCOC12Oc3ccc(Oc4ccc(-c5ccccc5)cc4)cc3C3C(CCCCO)C(CCCCO)C=C(C(=NOC(C)(C)C)CC1SCC)C32.